The molecule has 4 aromatic rings. The van der Waals surface area contributed by atoms with Gasteiger partial charge < -0.3 is 14.7 Å². The van der Waals surface area contributed by atoms with E-state index in [1.807, 2.05) is 30.0 Å². The molecule has 40 heavy (non-hydrogen) atoms. The number of pyridine rings is 1. The SMILES string of the molecule is Cc1ccc(-c2noc([C@H]3C[C@@H]3F)n2)cc1NC(=O)c1cnn2ccc(N3CCN(CC(F)(F)F)[C@H](C)C3)cc12. The smallest absolute Gasteiger partial charge is 0.369 e. The average Bonchev–Trinajstić information content (AvgIpc) is 3.28. The van der Waals surface area contributed by atoms with E-state index in [-0.39, 0.29) is 30.3 Å². The molecule has 9 nitrogen and oxygen atoms in total. The van der Waals surface area contributed by atoms with Gasteiger partial charge in [0, 0.05) is 48.8 Å². The van der Waals surface area contributed by atoms with Crippen molar-refractivity contribution in [3.05, 3.63) is 59.7 Å². The molecule has 2 fully saturated rings. The van der Waals surface area contributed by atoms with Crippen LogP contribution in [0.15, 0.2) is 47.2 Å². The van der Waals surface area contributed by atoms with E-state index in [0.717, 1.165) is 11.3 Å². The predicted molar refractivity (Wildman–Crippen MR) is 139 cm³/mol. The van der Waals surface area contributed by atoms with E-state index in [1.54, 1.807) is 29.8 Å². The highest BCUT2D eigenvalue weighted by molar-refractivity contribution is 6.09. The van der Waals surface area contributed by atoms with Crippen LogP contribution in [-0.4, -0.2) is 75.1 Å². The van der Waals surface area contributed by atoms with Crippen LogP contribution >= 0.6 is 0 Å². The highest BCUT2D eigenvalue weighted by atomic mass is 19.4. The summed E-state index contributed by atoms with van der Waals surface area (Å²) >= 11 is 0. The van der Waals surface area contributed by atoms with E-state index in [4.69, 9.17) is 4.52 Å². The van der Waals surface area contributed by atoms with Crippen LogP contribution in [0.5, 0.6) is 0 Å². The maximum absolute atomic E-state index is 13.4. The summed E-state index contributed by atoms with van der Waals surface area (Å²) in [6.45, 7) is 3.85. The number of fused-ring (bicyclic) bond motifs is 1. The lowest BCUT2D eigenvalue weighted by atomic mass is 10.1. The first-order chi connectivity index (χ1) is 19.1. The van der Waals surface area contributed by atoms with E-state index in [9.17, 15) is 22.4 Å². The van der Waals surface area contributed by atoms with Crippen LogP contribution in [0, 0.1) is 6.92 Å². The number of carbonyl (C=O) groups excluding carboxylic acids is 1. The number of halogens is 4. The number of aryl methyl sites for hydroxylation is 1. The van der Waals surface area contributed by atoms with E-state index >= 15 is 0 Å². The topological polar surface area (TPSA) is 91.8 Å². The molecule has 6 rings (SSSR count). The molecule has 2 aliphatic rings. The Morgan fingerprint density at radius 3 is 2.73 bits per heavy atom. The number of rotatable bonds is 6. The molecule has 1 saturated heterocycles. The van der Waals surface area contributed by atoms with Crippen molar-refractivity contribution in [2.75, 3.05) is 36.4 Å². The largest absolute Gasteiger partial charge is 0.401 e. The Kier molecular flexibility index (Phi) is 6.48. The van der Waals surface area contributed by atoms with E-state index < -0.39 is 18.9 Å². The Hall–Kier alpha value is -4.00. The van der Waals surface area contributed by atoms with E-state index in [1.165, 1.54) is 11.1 Å². The van der Waals surface area contributed by atoms with E-state index in [0.29, 0.717) is 47.7 Å². The number of hydrogen-bond donors (Lipinski definition) is 1. The maximum atomic E-state index is 13.4. The van der Waals surface area contributed by atoms with Crippen molar-refractivity contribution < 1.29 is 26.9 Å². The molecule has 1 N–H and O–H groups in total. The van der Waals surface area contributed by atoms with Gasteiger partial charge in [0.05, 0.1) is 29.7 Å². The van der Waals surface area contributed by atoms with Gasteiger partial charge in [-0.15, -0.1) is 0 Å². The second-order valence-corrected chi connectivity index (χ2v) is 10.5. The van der Waals surface area contributed by atoms with Crippen LogP contribution in [-0.2, 0) is 0 Å². The molecule has 1 saturated carbocycles. The minimum atomic E-state index is -4.24. The first-order valence-electron chi connectivity index (χ1n) is 13.0. The zero-order valence-corrected chi connectivity index (χ0v) is 21.8. The Bertz CT molecular complexity index is 1570. The van der Waals surface area contributed by atoms with Gasteiger partial charge in [0.25, 0.3) is 5.91 Å². The zero-order chi connectivity index (χ0) is 28.2. The number of anilines is 2. The summed E-state index contributed by atoms with van der Waals surface area (Å²) in [5.41, 5.74) is 3.70. The highest BCUT2D eigenvalue weighted by Gasteiger charge is 2.43. The number of nitrogens with zero attached hydrogens (tertiary/aromatic N) is 6. The van der Waals surface area contributed by atoms with Crippen LogP contribution in [0.25, 0.3) is 16.9 Å². The number of carbonyl (C=O) groups is 1. The second kappa shape index (κ2) is 9.88. The highest BCUT2D eigenvalue weighted by Crippen LogP contribution is 2.43. The molecule has 1 aliphatic heterocycles. The van der Waals surface area contributed by atoms with Gasteiger partial charge in [-0.1, -0.05) is 17.3 Å². The summed E-state index contributed by atoms with van der Waals surface area (Å²) in [6.07, 6.45) is -1.60. The van der Waals surface area contributed by atoms with Gasteiger partial charge in [-0.2, -0.15) is 23.3 Å². The van der Waals surface area contributed by atoms with Crippen molar-refractivity contribution in [3.8, 4) is 11.4 Å². The van der Waals surface area contributed by atoms with Gasteiger partial charge in [0.1, 0.15) is 6.17 Å². The van der Waals surface area contributed by atoms with Gasteiger partial charge in [-0.25, -0.2) is 8.91 Å². The number of benzene rings is 1. The summed E-state index contributed by atoms with van der Waals surface area (Å²) in [5.74, 6) is -0.136. The third-order valence-electron chi connectivity index (χ3n) is 7.48. The maximum Gasteiger partial charge on any atom is 0.401 e. The lowest BCUT2D eigenvalue weighted by Crippen LogP contribution is -2.54. The Balaban J connectivity index is 1.20. The summed E-state index contributed by atoms with van der Waals surface area (Å²) in [6, 6.07) is 8.75. The number of alkyl halides is 4. The Labute approximate surface area is 226 Å². The van der Waals surface area contributed by atoms with Crippen molar-refractivity contribution >= 4 is 22.8 Å². The fourth-order valence-electron chi connectivity index (χ4n) is 5.04. The van der Waals surface area contributed by atoms with Crippen LogP contribution in [0.1, 0.15) is 41.1 Å². The summed E-state index contributed by atoms with van der Waals surface area (Å²) in [5, 5.41) is 11.2. The molecule has 13 heteroatoms. The standard InChI is InChI=1S/C27H27F4N7O2/c1-15-3-4-17(24-34-26(40-35-24)19-11-21(19)28)9-22(15)33-25(39)20-12-32-38-6-5-18(10-23(20)38)36-7-8-37(16(2)13-36)14-27(29,30)31/h3-6,9-10,12,16,19,21H,7-8,11,13-14H2,1-2H3,(H,33,39)/t16-,19+,21+/m1/s1. The number of aromatic nitrogens is 4. The van der Waals surface area contributed by atoms with Crippen molar-refractivity contribution in [1.82, 2.24) is 24.7 Å². The van der Waals surface area contributed by atoms with Gasteiger partial charge in [-0.05, 0) is 44.0 Å². The number of nitrogens with one attached hydrogen (secondary N) is 1. The third-order valence-corrected chi connectivity index (χ3v) is 7.48. The molecule has 3 aromatic heterocycles. The summed E-state index contributed by atoms with van der Waals surface area (Å²) < 4.78 is 58.9. The first kappa shape index (κ1) is 26.2. The molecule has 1 aromatic carbocycles. The fourth-order valence-corrected chi connectivity index (χ4v) is 5.04. The normalized spacial score (nSPS) is 21.6. The molecule has 1 aliphatic carbocycles. The van der Waals surface area contributed by atoms with Crippen molar-refractivity contribution in [2.24, 2.45) is 0 Å². The number of hydrogen-bond acceptors (Lipinski definition) is 7. The summed E-state index contributed by atoms with van der Waals surface area (Å²) in [7, 11) is 0. The Morgan fingerprint density at radius 1 is 1.20 bits per heavy atom. The van der Waals surface area contributed by atoms with Gasteiger partial charge in [0.15, 0.2) is 0 Å². The van der Waals surface area contributed by atoms with Crippen molar-refractivity contribution in [1.29, 1.82) is 0 Å². The first-order valence-corrected chi connectivity index (χ1v) is 13.0. The average molecular weight is 558 g/mol. The van der Waals surface area contributed by atoms with Gasteiger partial charge in [0.2, 0.25) is 11.7 Å². The van der Waals surface area contributed by atoms with Crippen LogP contribution < -0.4 is 10.2 Å². The van der Waals surface area contributed by atoms with Crippen molar-refractivity contribution in [2.45, 2.75) is 44.6 Å². The molecule has 210 valence electrons. The molecule has 4 heterocycles. The summed E-state index contributed by atoms with van der Waals surface area (Å²) in [4.78, 5) is 21.1. The van der Waals surface area contributed by atoms with E-state index in [2.05, 4.69) is 20.6 Å². The molecular weight excluding hydrogens is 530 g/mol. The monoisotopic (exact) mass is 557 g/mol. The number of amides is 1. The molecule has 3 atom stereocenters. The van der Waals surface area contributed by atoms with Crippen molar-refractivity contribution in [3.63, 3.8) is 0 Å². The lowest BCUT2D eigenvalue weighted by molar-refractivity contribution is -0.150. The minimum Gasteiger partial charge on any atom is -0.369 e. The number of piperazine rings is 1. The van der Waals surface area contributed by atoms with Crippen LogP contribution in [0.3, 0.4) is 0 Å². The van der Waals surface area contributed by atoms with Crippen LogP contribution in [0.2, 0.25) is 0 Å². The molecule has 0 bridgehead atoms. The van der Waals surface area contributed by atoms with Gasteiger partial charge >= 0.3 is 6.18 Å². The molecule has 0 radical (unpaired) electrons. The second-order valence-electron chi connectivity index (χ2n) is 10.5. The Morgan fingerprint density at radius 2 is 2.00 bits per heavy atom. The zero-order valence-electron chi connectivity index (χ0n) is 21.8. The van der Waals surface area contributed by atoms with Gasteiger partial charge in [-0.3, -0.25) is 9.69 Å². The third kappa shape index (κ3) is 5.25. The fraction of sp³-hybridized carbons (Fsp3) is 0.407. The lowest BCUT2D eigenvalue weighted by Gasteiger charge is -2.41. The molecule has 0 unspecified atom stereocenters. The predicted octanol–water partition coefficient (Wildman–Crippen LogP) is 4.84. The minimum absolute atomic E-state index is 0.270. The molecule has 0 spiro atoms. The quantitative estimate of drug-likeness (QED) is 0.339. The molecular formula is C27H27F4N7O2. The van der Waals surface area contributed by atoms with Crippen LogP contribution in [0.4, 0.5) is 28.9 Å². The molecule has 1 amide bonds.